The molecule has 0 N–H and O–H groups in total. The van der Waals surface area contributed by atoms with Crippen molar-refractivity contribution in [1.82, 2.24) is 0 Å². The van der Waals surface area contributed by atoms with E-state index in [1.165, 1.54) is 116 Å². The number of unbranched alkanes of at least 4 members (excludes halogenated alkanes) is 6. The summed E-state index contributed by atoms with van der Waals surface area (Å²) in [5.74, 6) is 0. The Kier molecular flexibility index (Phi) is 8.35. The van der Waals surface area contributed by atoms with E-state index in [9.17, 15) is 0 Å². The summed E-state index contributed by atoms with van der Waals surface area (Å²) in [5, 5.41) is 0. The van der Waals surface area contributed by atoms with E-state index >= 15 is 0 Å². The number of hydrogen-bond donors (Lipinski definition) is 0. The van der Waals surface area contributed by atoms with Gasteiger partial charge in [-0.05, 0) is 48.3 Å². The summed E-state index contributed by atoms with van der Waals surface area (Å²) in [6.07, 6.45) is 26.6. The molecule has 0 aliphatic heterocycles. The maximum Gasteiger partial charge on any atom is -0.0218 e. The van der Waals surface area contributed by atoms with E-state index in [0.717, 1.165) is 0 Å². The Morgan fingerprint density at radius 3 is 1.44 bits per heavy atom. The molecular formula is C25H48. The van der Waals surface area contributed by atoms with Crippen LogP contribution >= 0.6 is 0 Å². The fraction of sp³-hybridized carbons (Fsp3) is 1.00. The molecule has 0 amide bonds. The summed E-state index contributed by atoms with van der Waals surface area (Å²) in [4.78, 5) is 0. The quantitative estimate of drug-likeness (QED) is 0.345. The van der Waals surface area contributed by atoms with Gasteiger partial charge in [-0.2, -0.15) is 0 Å². The molecule has 2 aliphatic rings. The molecule has 0 heterocycles. The molecule has 2 fully saturated rings. The molecule has 2 saturated carbocycles. The van der Waals surface area contributed by atoms with Gasteiger partial charge in [0.25, 0.3) is 0 Å². The van der Waals surface area contributed by atoms with E-state index in [-0.39, 0.29) is 0 Å². The molecule has 0 bridgehead atoms. The van der Waals surface area contributed by atoms with Crippen LogP contribution in [0.15, 0.2) is 0 Å². The van der Waals surface area contributed by atoms with Crippen LogP contribution in [-0.4, -0.2) is 0 Å². The van der Waals surface area contributed by atoms with E-state index < -0.39 is 0 Å². The van der Waals surface area contributed by atoms with E-state index in [2.05, 4.69) is 27.7 Å². The molecule has 0 unspecified atom stereocenters. The molecule has 0 radical (unpaired) electrons. The third-order valence-electron chi connectivity index (χ3n) is 8.86. The van der Waals surface area contributed by atoms with Crippen molar-refractivity contribution in [3.8, 4) is 0 Å². The topological polar surface area (TPSA) is 0 Å². The van der Waals surface area contributed by atoms with Crippen LogP contribution in [0.1, 0.15) is 143 Å². The van der Waals surface area contributed by atoms with E-state index in [4.69, 9.17) is 0 Å². The molecule has 0 aromatic carbocycles. The maximum absolute atomic E-state index is 2.74. The SMILES string of the molecule is CCCCCCCCCC(C)(C1(C)CCCCC1)C1(C)CCCCC1. The summed E-state index contributed by atoms with van der Waals surface area (Å²) in [6, 6.07) is 0. The van der Waals surface area contributed by atoms with Gasteiger partial charge in [0.2, 0.25) is 0 Å². The van der Waals surface area contributed by atoms with Gasteiger partial charge in [0, 0.05) is 0 Å². The van der Waals surface area contributed by atoms with Gasteiger partial charge in [-0.1, -0.05) is 111 Å². The van der Waals surface area contributed by atoms with Gasteiger partial charge in [-0.15, -0.1) is 0 Å². The maximum atomic E-state index is 2.74. The third-order valence-corrected chi connectivity index (χ3v) is 8.86. The van der Waals surface area contributed by atoms with Gasteiger partial charge in [-0.3, -0.25) is 0 Å². The minimum absolute atomic E-state index is 0.560. The lowest BCUT2D eigenvalue weighted by atomic mass is 9.45. The highest BCUT2D eigenvalue weighted by Gasteiger charge is 2.54. The predicted molar refractivity (Wildman–Crippen MR) is 113 cm³/mol. The molecule has 148 valence electrons. The van der Waals surface area contributed by atoms with Crippen LogP contribution in [0.5, 0.6) is 0 Å². The molecule has 0 aromatic rings. The lowest BCUT2D eigenvalue weighted by Gasteiger charge is -2.60. The highest BCUT2D eigenvalue weighted by atomic mass is 14.6. The van der Waals surface area contributed by atoms with Crippen LogP contribution in [0.4, 0.5) is 0 Å². The molecule has 25 heavy (non-hydrogen) atoms. The highest BCUT2D eigenvalue weighted by molar-refractivity contribution is 5.04. The number of rotatable bonds is 10. The Morgan fingerprint density at radius 1 is 0.600 bits per heavy atom. The van der Waals surface area contributed by atoms with Gasteiger partial charge >= 0.3 is 0 Å². The zero-order valence-corrected chi connectivity index (χ0v) is 18.2. The second-order valence-electron chi connectivity index (χ2n) is 10.4. The van der Waals surface area contributed by atoms with Crippen molar-refractivity contribution < 1.29 is 0 Å². The van der Waals surface area contributed by atoms with Gasteiger partial charge in [-0.25, -0.2) is 0 Å². The Balaban J connectivity index is 1.99. The summed E-state index contributed by atoms with van der Waals surface area (Å²) >= 11 is 0. The Bertz CT molecular complexity index is 330. The zero-order valence-electron chi connectivity index (χ0n) is 18.2. The zero-order chi connectivity index (χ0) is 18.2. The van der Waals surface area contributed by atoms with Crippen molar-refractivity contribution in [1.29, 1.82) is 0 Å². The van der Waals surface area contributed by atoms with E-state index in [1.54, 1.807) is 0 Å². The molecule has 2 aliphatic carbocycles. The van der Waals surface area contributed by atoms with Crippen LogP contribution < -0.4 is 0 Å². The Labute approximate surface area is 159 Å². The molecule has 0 spiro atoms. The van der Waals surface area contributed by atoms with Crippen molar-refractivity contribution in [2.45, 2.75) is 143 Å². The first-order valence-electron chi connectivity index (χ1n) is 12.0. The molecule has 2 rings (SSSR count). The lowest BCUT2D eigenvalue weighted by molar-refractivity contribution is -0.103. The van der Waals surface area contributed by atoms with Crippen molar-refractivity contribution in [2.24, 2.45) is 16.2 Å². The highest BCUT2D eigenvalue weighted by Crippen LogP contribution is 2.64. The Morgan fingerprint density at radius 2 is 1.00 bits per heavy atom. The van der Waals surface area contributed by atoms with Gasteiger partial charge in [0.1, 0.15) is 0 Å². The third kappa shape index (κ3) is 5.04. The first kappa shape index (κ1) is 21.3. The van der Waals surface area contributed by atoms with Crippen LogP contribution in [0.25, 0.3) is 0 Å². The van der Waals surface area contributed by atoms with Crippen LogP contribution in [0, 0.1) is 16.2 Å². The van der Waals surface area contributed by atoms with Crippen LogP contribution in [-0.2, 0) is 0 Å². The molecule has 0 atom stereocenters. The van der Waals surface area contributed by atoms with Gasteiger partial charge in [0.15, 0.2) is 0 Å². The standard InChI is InChI=1S/C25H48/c1-5-6-7-8-9-10-17-22-25(4,23(2)18-13-11-14-19-23)24(3)20-15-12-16-21-24/h5-22H2,1-4H3. The second kappa shape index (κ2) is 9.80. The minimum Gasteiger partial charge on any atom is -0.0654 e. The summed E-state index contributed by atoms with van der Waals surface area (Å²) in [6.45, 7) is 10.4. The second-order valence-corrected chi connectivity index (χ2v) is 10.4. The minimum atomic E-state index is 0.560. The van der Waals surface area contributed by atoms with Crippen molar-refractivity contribution in [2.75, 3.05) is 0 Å². The fourth-order valence-corrected chi connectivity index (χ4v) is 6.54. The summed E-state index contributed by atoms with van der Waals surface area (Å²) in [7, 11) is 0. The van der Waals surface area contributed by atoms with E-state index in [0.29, 0.717) is 16.2 Å². The van der Waals surface area contributed by atoms with Crippen molar-refractivity contribution in [3.05, 3.63) is 0 Å². The normalized spacial score (nSPS) is 23.5. The smallest absolute Gasteiger partial charge is 0.0218 e. The average molecular weight is 349 g/mol. The van der Waals surface area contributed by atoms with Crippen molar-refractivity contribution in [3.63, 3.8) is 0 Å². The summed E-state index contributed by atoms with van der Waals surface area (Å²) in [5.41, 5.74) is 1.75. The monoisotopic (exact) mass is 348 g/mol. The average Bonchev–Trinajstić information content (AvgIpc) is 2.62. The van der Waals surface area contributed by atoms with Gasteiger partial charge in [0.05, 0.1) is 0 Å². The number of hydrogen-bond acceptors (Lipinski definition) is 0. The molecule has 0 nitrogen and oxygen atoms in total. The molecule has 0 heteroatoms. The Hall–Kier alpha value is 0. The summed E-state index contributed by atoms with van der Waals surface area (Å²) < 4.78 is 0. The first-order valence-corrected chi connectivity index (χ1v) is 12.0. The lowest BCUT2D eigenvalue weighted by Crippen LogP contribution is -2.51. The van der Waals surface area contributed by atoms with Crippen molar-refractivity contribution >= 4 is 0 Å². The molecule has 0 aromatic heterocycles. The molecular weight excluding hydrogens is 300 g/mol. The first-order chi connectivity index (χ1) is 12.0. The van der Waals surface area contributed by atoms with Gasteiger partial charge < -0.3 is 0 Å². The van der Waals surface area contributed by atoms with Crippen LogP contribution in [0.3, 0.4) is 0 Å². The molecule has 0 saturated heterocycles. The predicted octanol–water partition coefficient (Wildman–Crippen LogP) is 9.07. The van der Waals surface area contributed by atoms with Crippen LogP contribution in [0.2, 0.25) is 0 Å². The fourth-order valence-electron chi connectivity index (χ4n) is 6.54. The largest absolute Gasteiger partial charge is 0.0654 e. The van der Waals surface area contributed by atoms with E-state index in [1.807, 2.05) is 0 Å².